The Labute approximate surface area is 159 Å². The molecule has 0 radical (unpaired) electrons. The van der Waals surface area contributed by atoms with Crippen LogP contribution in [0.4, 0.5) is 0 Å². The summed E-state index contributed by atoms with van der Waals surface area (Å²) in [6.45, 7) is 7.11. The van der Waals surface area contributed by atoms with Crippen LogP contribution in [-0.4, -0.2) is 44.0 Å². The van der Waals surface area contributed by atoms with E-state index >= 15 is 0 Å². The fourth-order valence-electron chi connectivity index (χ4n) is 2.58. The zero-order valence-corrected chi connectivity index (χ0v) is 15.7. The second kappa shape index (κ2) is 10.7. The molecule has 1 saturated heterocycles. The largest absolute Gasteiger partial charge is 0.482 e. The Morgan fingerprint density at radius 1 is 1.19 bits per heavy atom. The van der Waals surface area contributed by atoms with Crippen LogP contribution in [0.15, 0.2) is 36.9 Å². The summed E-state index contributed by atoms with van der Waals surface area (Å²) in [5, 5.41) is 0. The van der Waals surface area contributed by atoms with Gasteiger partial charge in [-0.3, -0.25) is 0 Å². The Hall–Kier alpha value is -2.38. The normalized spacial score (nSPS) is 21.9. The molecule has 1 fully saturated rings. The van der Waals surface area contributed by atoms with E-state index in [0.717, 1.165) is 24.5 Å². The average Bonchev–Trinajstić information content (AvgIpc) is 2.69. The third kappa shape index (κ3) is 7.03. The summed E-state index contributed by atoms with van der Waals surface area (Å²) in [7, 11) is 0. The predicted molar refractivity (Wildman–Crippen MR) is 97.1 cm³/mol. The lowest BCUT2D eigenvalue weighted by Crippen LogP contribution is -2.31. The Kier molecular flexibility index (Phi) is 8.29. The average molecular weight is 378 g/mol. The molecule has 148 valence electrons. The fraction of sp³-hybridized carbons (Fsp3) is 0.500. The first-order chi connectivity index (χ1) is 13.0. The lowest BCUT2D eigenvalue weighted by molar-refractivity contribution is -0.243. The van der Waals surface area contributed by atoms with E-state index < -0.39 is 18.2 Å². The van der Waals surface area contributed by atoms with E-state index in [9.17, 15) is 9.59 Å². The van der Waals surface area contributed by atoms with E-state index in [-0.39, 0.29) is 32.0 Å². The molecule has 1 aliphatic rings. The van der Waals surface area contributed by atoms with Crippen LogP contribution in [0.1, 0.15) is 38.5 Å². The molecule has 0 N–H and O–H groups in total. The van der Waals surface area contributed by atoms with Gasteiger partial charge < -0.3 is 23.7 Å². The molecule has 0 amide bonds. The van der Waals surface area contributed by atoms with Gasteiger partial charge in [0.15, 0.2) is 12.9 Å². The standard InChI is InChI=1S/C20H26O7/c1-4-16-12-14(3)26-20(27-16)15-6-8-17(9-7-15)25-13-19(22)24-11-10-23-18(21)5-2/h5-9,14,16,20H,2,4,10-13H2,1,3H3. The summed E-state index contributed by atoms with van der Waals surface area (Å²) >= 11 is 0. The van der Waals surface area contributed by atoms with Crippen LogP contribution in [0, 0.1) is 0 Å². The zero-order chi connectivity index (χ0) is 19.6. The number of carbonyl (C=O) groups is 2. The van der Waals surface area contributed by atoms with Crippen LogP contribution in [0.2, 0.25) is 0 Å². The molecular formula is C20H26O7. The van der Waals surface area contributed by atoms with Gasteiger partial charge in [0, 0.05) is 11.6 Å². The molecule has 0 saturated carbocycles. The van der Waals surface area contributed by atoms with Gasteiger partial charge in [0.25, 0.3) is 0 Å². The Balaban J connectivity index is 1.74. The van der Waals surface area contributed by atoms with Crippen LogP contribution >= 0.6 is 0 Å². The molecule has 0 bridgehead atoms. The van der Waals surface area contributed by atoms with Crippen molar-refractivity contribution in [2.24, 2.45) is 0 Å². The minimum absolute atomic E-state index is 0.0240. The van der Waals surface area contributed by atoms with E-state index in [0.29, 0.717) is 5.75 Å². The van der Waals surface area contributed by atoms with Gasteiger partial charge in [-0.1, -0.05) is 25.6 Å². The van der Waals surface area contributed by atoms with Crippen molar-refractivity contribution in [1.82, 2.24) is 0 Å². The molecule has 1 aromatic rings. The van der Waals surface area contributed by atoms with Gasteiger partial charge in [0.05, 0.1) is 12.2 Å². The Morgan fingerprint density at radius 2 is 1.89 bits per heavy atom. The van der Waals surface area contributed by atoms with Crippen LogP contribution in [-0.2, 0) is 28.5 Å². The number of rotatable bonds is 9. The van der Waals surface area contributed by atoms with Crippen molar-refractivity contribution in [3.05, 3.63) is 42.5 Å². The van der Waals surface area contributed by atoms with E-state index in [1.54, 1.807) is 12.1 Å². The molecule has 1 aliphatic heterocycles. The van der Waals surface area contributed by atoms with E-state index in [4.69, 9.17) is 23.7 Å². The van der Waals surface area contributed by atoms with Crippen molar-refractivity contribution in [3.63, 3.8) is 0 Å². The second-order valence-electron chi connectivity index (χ2n) is 6.13. The van der Waals surface area contributed by atoms with Crippen molar-refractivity contribution in [2.75, 3.05) is 19.8 Å². The monoisotopic (exact) mass is 378 g/mol. The minimum atomic E-state index is -0.562. The van der Waals surface area contributed by atoms with Crippen molar-refractivity contribution in [3.8, 4) is 5.75 Å². The van der Waals surface area contributed by atoms with Gasteiger partial charge >= 0.3 is 11.9 Å². The maximum atomic E-state index is 11.6. The molecule has 7 heteroatoms. The second-order valence-corrected chi connectivity index (χ2v) is 6.13. The molecule has 27 heavy (non-hydrogen) atoms. The van der Waals surface area contributed by atoms with Crippen molar-refractivity contribution >= 4 is 11.9 Å². The lowest BCUT2D eigenvalue weighted by Gasteiger charge is -2.34. The van der Waals surface area contributed by atoms with Gasteiger partial charge in [-0.25, -0.2) is 9.59 Å². The number of esters is 2. The summed E-state index contributed by atoms with van der Waals surface area (Å²) in [5.74, 6) is -0.579. The highest BCUT2D eigenvalue weighted by atomic mass is 16.7. The molecule has 0 aliphatic carbocycles. The van der Waals surface area contributed by atoms with E-state index in [1.807, 2.05) is 19.1 Å². The van der Waals surface area contributed by atoms with E-state index in [2.05, 4.69) is 13.5 Å². The molecule has 1 heterocycles. The van der Waals surface area contributed by atoms with Crippen molar-refractivity contribution in [2.45, 2.75) is 45.2 Å². The molecule has 3 unspecified atom stereocenters. The van der Waals surface area contributed by atoms with Gasteiger partial charge in [-0.15, -0.1) is 0 Å². The fourth-order valence-corrected chi connectivity index (χ4v) is 2.58. The number of hydrogen-bond acceptors (Lipinski definition) is 7. The topological polar surface area (TPSA) is 80.3 Å². The predicted octanol–water partition coefficient (Wildman–Crippen LogP) is 2.94. The van der Waals surface area contributed by atoms with Gasteiger partial charge in [0.2, 0.25) is 0 Å². The highest BCUT2D eigenvalue weighted by molar-refractivity contribution is 5.81. The highest BCUT2D eigenvalue weighted by Gasteiger charge is 2.27. The zero-order valence-electron chi connectivity index (χ0n) is 15.7. The summed E-state index contributed by atoms with van der Waals surface area (Å²) in [5.41, 5.74) is 0.902. The van der Waals surface area contributed by atoms with Crippen molar-refractivity contribution in [1.29, 1.82) is 0 Å². The third-order valence-electron chi connectivity index (χ3n) is 3.99. The lowest BCUT2D eigenvalue weighted by atomic mass is 10.1. The first-order valence-corrected chi connectivity index (χ1v) is 9.00. The highest BCUT2D eigenvalue weighted by Crippen LogP contribution is 2.31. The van der Waals surface area contributed by atoms with Gasteiger partial charge in [0.1, 0.15) is 19.0 Å². The quantitative estimate of drug-likeness (QED) is 0.371. The minimum Gasteiger partial charge on any atom is -0.482 e. The Bertz CT molecular complexity index is 626. The molecule has 7 nitrogen and oxygen atoms in total. The molecule has 0 spiro atoms. The van der Waals surface area contributed by atoms with Crippen LogP contribution in [0.3, 0.4) is 0 Å². The van der Waals surface area contributed by atoms with Gasteiger partial charge in [-0.2, -0.15) is 0 Å². The Morgan fingerprint density at radius 3 is 2.56 bits per heavy atom. The van der Waals surface area contributed by atoms with Gasteiger partial charge in [-0.05, 0) is 31.9 Å². The number of benzene rings is 1. The maximum absolute atomic E-state index is 11.6. The summed E-state index contributed by atoms with van der Waals surface area (Å²) in [6.07, 6.45) is 2.82. The maximum Gasteiger partial charge on any atom is 0.344 e. The summed E-state index contributed by atoms with van der Waals surface area (Å²) in [6, 6.07) is 7.21. The first-order valence-electron chi connectivity index (χ1n) is 9.00. The molecule has 3 atom stereocenters. The number of carbonyl (C=O) groups excluding carboxylic acids is 2. The van der Waals surface area contributed by atoms with Crippen LogP contribution < -0.4 is 4.74 Å². The first kappa shape index (κ1) is 20.9. The third-order valence-corrected chi connectivity index (χ3v) is 3.99. The molecule has 1 aromatic carbocycles. The smallest absolute Gasteiger partial charge is 0.344 e. The van der Waals surface area contributed by atoms with Crippen molar-refractivity contribution < 1.29 is 33.3 Å². The van der Waals surface area contributed by atoms with E-state index in [1.165, 1.54) is 0 Å². The number of hydrogen-bond donors (Lipinski definition) is 0. The van der Waals surface area contributed by atoms with Crippen LogP contribution in [0.5, 0.6) is 5.75 Å². The number of ether oxygens (including phenoxy) is 5. The molecular weight excluding hydrogens is 352 g/mol. The molecule has 2 rings (SSSR count). The van der Waals surface area contributed by atoms with Crippen LogP contribution in [0.25, 0.3) is 0 Å². The molecule has 0 aromatic heterocycles. The SMILES string of the molecule is C=CC(=O)OCCOC(=O)COc1ccc(C2OC(C)CC(CC)O2)cc1. The summed E-state index contributed by atoms with van der Waals surface area (Å²) < 4.78 is 26.8. The summed E-state index contributed by atoms with van der Waals surface area (Å²) in [4.78, 5) is 22.4.